The summed E-state index contributed by atoms with van der Waals surface area (Å²) in [5.74, 6) is 0.0445. The van der Waals surface area contributed by atoms with Crippen molar-refractivity contribution in [2.45, 2.75) is 31.3 Å². The quantitative estimate of drug-likeness (QED) is 0.871. The van der Waals surface area contributed by atoms with E-state index in [0.717, 1.165) is 19.3 Å². The van der Waals surface area contributed by atoms with Crippen LogP contribution in [0.25, 0.3) is 0 Å². The van der Waals surface area contributed by atoms with Crippen LogP contribution < -0.4 is 5.32 Å². The third kappa shape index (κ3) is 3.99. The lowest BCUT2D eigenvalue weighted by molar-refractivity contribution is -0.127. The van der Waals surface area contributed by atoms with E-state index in [1.165, 1.54) is 10.5 Å². The number of rotatable bonds is 3. The first-order valence-corrected chi connectivity index (χ1v) is 8.65. The maximum atomic E-state index is 11.9. The minimum Gasteiger partial charge on any atom is -0.465 e. The molecule has 2 amide bonds. The molecule has 1 aromatic rings. The van der Waals surface area contributed by atoms with Gasteiger partial charge in [0.15, 0.2) is 0 Å². The Morgan fingerprint density at radius 2 is 1.92 bits per heavy atom. The van der Waals surface area contributed by atoms with Gasteiger partial charge in [0.25, 0.3) is 0 Å². The predicted molar refractivity (Wildman–Crippen MR) is 91.3 cm³/mol. The number of halogens is 1. The van der Waals surface area contributed by atoms with Crippen LogP contribution in [-0.4, -0.2) is 65.2 Å². The van der Waals surface area contributed by atoms with Gasteiger partial charge in [0, 0.05) is 36.7 Å². The highest BCUT2D eigenvalue weighted by atomic mass is 35.5. The number of piperidine rings is 1. The van der Waals surface area contributed by atoms with Gasteiger partial charge >= 0.3 is 6.09 Å². The molecule has 0 radical (unpaired) electrons. The highest BCUT2D eigenvalue weighted by Gasteiger charge is 2.34. The molecule has 2 saturated heterocycles. The minimum atomic E-state index is -0.859. The molecule has 6 nitrogen and oxygen atoms in total. The van der Waals surface area contributed by atoms with Crippen LogP contribution in [-0.2, 0) is 11.2 Å². The highest BCUT2D eigenvalue weighted by molar-refractivity contribution is 6.30. The van der Waals surface area contributed by atoms with Crippen LogP contribution in [0.1, 0.15) is 18.4 Å². The average Bonchev–Trinajstić information content (AvgIpc) is 2.58. The number of likely N-dealkylation sites (tertiary alicyclic amines) is 1. The van der Waals surface area contributed by atoms with Gasteiger partial charge in [-0.2, -0.15) is 0 Å². The zero-order valence-electron chi connectivity index (χ0n) is 13.4. The lowest BCUT2D eigenvalue weighted by Crippen LogP contribution is -2.60. The third-order valence-corrected chi connectivity index (χ3v) is 5.17. The molecule has 0 aliphatic carbocycles. The maximum Gasteiger partial charge on any atom is 0.407 e. The Morgan fingerprint density at radius 1 is 1.25 bits per heavy atom. The predicted octanol–water partition coefficient (Wildman–Crippen LogP) is 1.83. The molecule has 1 unspecified atom stereocenters. The molecule has 2 N–H and O–H groups in total. The van der Waals surface area contributed by atoms with E-state index in [1.807, 2.05) is 24.3 Å². The number of carboxylic acid groups (broad SMARTS) is 1. The minimum absolute atomic E-state index is 0.0445. The van der Waals surface area contributed by atoms with Gasteiger partial charge in [-0.3, -0.25) is 9.69 Å². The fourth-order valence-corrected chi connectivity index (χ4v) is 3.72. The highest BCUT2D eigenvalue weighted by Crippen LogP contribution is 2.22. The van der Waals surface area contributed by atoms with Crippen molar-refractivity contribution in [2.75, 3.05) is 26.2 Å². The SMILES string of the molecule is O=C1CN(C2CCN(C(=O)O)CC2)C(Cc2ccc(Cl)cc2)CN1. The van der Waals surface area contributed by atoms with Crippen LogP contribution in [0.2, 0.25) is 5.02 Å². The normalized spacial score (nSPS) is 23.1. The van der Waals surface area contributed by atoms with Crippen molar-refractivity contribution in [3.05, 3.63) is 34.9 Å². The Morgan fingerprint density at radius 3 is 2.54 bits per heavy atom. The number of nitrogens with one attached hydrogen (secondary N) is 1. The lowest BCUT2D eigenvalue weighted by Gasteiger charge is -2.44. The topological polar surface area (TPSA) is 72.9 Å². The monoisotopic (exact) mass is 351 g/mol. The summed E-state index contributed by atoms with van der Waals surface area (Å²) in [5.41, 5.74) is 1.19. The van der Waals surface area contributed by atoms with Crippen LogP contribution >= 0.6 is 11.6 Å². The van der Waals surface area contributed by atoms with Crippen molar-refractivity contribution in [3.63, 3.8) is 0 Å². The summed E-state index contributed by atoms with van der Waals surface area (Å²) in [5, 5.41) is 12.7. The zero-order valence-corrected chi connectivity index (χ0v) is 14.2. The second-order valence-corrected chi connectivity index (χ2v) is 6.90. The Hall–Kier alpha value is -1.79. The van der Waals surface area contributed by atoms with E-state index >= 15 is 0 Å². The van der Waals surface area contributed by atoms with Crippen LogP contribution in [0.4, 0.5) is 4.79 Å². The first-order chi connectivity index (χ1) is 11.5. The number of benzene rings is 1. The van der Waals surface area contributed by atoms with Gasteiger partial charge in [-0.15, -0.1) is 0 Å². The molecule has 7 heteroatoms. The van der Waals surface area contributed by atoms with Gasteiger partial charge in [-0.05, 0) is 37.0 Å². The Balaban J connectivity index is 1.67. The third-order valence-electron chi connectivity index (χ3n) is 4.92. The number of carbonyl (C=O) groups excluding carboxylic acids is 1. The molecule has 2 heterocycles. The van der Waals surface area contributed by atoms with Crippen LogP contribution in [0, 0.1) is 0 Å². The number of hydrogen-bond donors (Lipinski definition) is 2. The largest absolute Gasteiger partial charge is 0.465 e. The summed E-state index contributed by atoms with van der Waals surface area (Å²) in [6.45, 7) is 2.08. The number of amides is 2. The van der Waals surface area contributed by atoms with Crippen LogP contribution in [0.3, 0.4) is 0 Å². The molecule has 2 aliphatic heterocycles. The molecule has 130 valence electrons. The first-order valence-electron chi connectivity index (χ1n) is 8.27. The Labute approximate surface area is 146 Å². The first kappa shape index (κ1) is 17.0. The van der Waals surface area contributed by atoms with Gasteiger partial charge in [-0.25, -0.2) is 4.79 Å². The summed E-state index contributed by atoms with van der Waals surface area (Å²) >= 11 is 5.94. The van der Waals surface area contributed by atoms with E-state index in [2.05, 4.69) is 10.2 Å². The second kappa shape index (κ2) is 7.40. The molecule has 2 fully saturated rings. The van der Waals surface area contributed by atoms with E-state index in [9.17, 15) is 9.59 Å². The summed E-state index contributed by atoms with van der Waals surface area (Å²) < 4.78 is 0. The molecule has 1 atom stereocenters. The molecular weight excluding hydrogens is 330 g/mol. The van der Waals surface area contributed by atoms with Gasteiger partial charge < -0.3 is 15.3 Å². The summed E-state index contributed by atoms with van der Waals surface area (Å²) in [4.78, 5) is 26.6. The van der Waals surface area contributed by atoms with E-state index < -0.39 is 6.09 Å². The fraction of sp³-hybridized carbons (Fsp3) is 0.529. The number of nitrogens with zero attached hydrogens (tertiary/aromatic N) is 2. The molecule has 0 bridgehead atoms. The molecule has 0 aromatic heterocycles. The molecule has 24 heavy (non-hydrogen) atoms. The summed E-state index contributed by atoms with van der Waals surface area (Å²) in [6.07, 6.45) is 1.53. The van der Waals surface area contributed by atoms with Gasteiger partial charge in [0.05, 0.1) is 6.54 Å². The standard InChI is InChI=1S/C17H22ClN3O3/c18-13-3-1-12(2-4-13)9-15-10-19-16(22)11-21(15)14-5-7-20(8-6-14)17(23)24/h1-4,14-15H,5-11H2,(H,19,22)(H,23,24). The average molecular weight is 352 g/mol. The second-order valence-electron chi connectivity index (χ2n) is 6.46. The smallest absolute Gasteiger partial charge is 0.407 e. The van der Waals surface area contributed by atoms with E-state index in [0.29, 0.717) is 31.2 Å². The van der Waals surface area contributed by atoms with Crippen molar-refractivity contribution < 1.29 is 14.7 Å². The molecule has 3 rings (SSSR count). The summed E-state index contributed by atoms with van der Waals surface area (Å²) in [6, 6.07) is 8.28. The molecule has 0 spiro atoms. The number of carbonyl (C=O) groups is 2. The number of piperazine rings is 1. The van der Waals surface area contributed by atoms with Gasteiger partial charge in [0.1, 0.15) is 0 Å². The Kier molecular flexibility index (Phi) is 5.26. The van der Waals surface area contributed by atoms with Crippen molar-refractivity contribution in [2.24, 2.45) is 0 Å². The number of hydrogen-bond acceptors (Lipinski definition) is 3. The fourth-order valence-electron chi connectivity index (χ4n) is 3.60. The Bertz CT molecular complexity index is 600. The molecular formula is C17H22ClN3O3. The van der Waals surface area contributed by atoms with Crippen molar-refractivity contribution in [1.29, 1.82) is 0 Å². The van der Waals surface area contributed by atoms with Crippen molar-refractivity contribution >= 4 is 23.6 Å². The van der Waals surface area contributed by atoms with E-state index in [-0.39, 0.29) is 18.0 Å². The molecule has 0 saturated carbocycles. The van der Waals surface area contributed by atoms with E-state index in [1.54, 1.807) is 0 Å². The van der Waals surface area contributed by atoms with Crippen LogP contribution in [0.5, 0.6) is 0 Å². The van der Waals surface area contributed by atoms with Crippen molar-refractivity contribution in [1.82, 2.24) is 15.1 Å². The van der Waals surface area contributed by atoms with Crippen molar-refractivity contribution in [3.8, 4) is 0 Å². The van der Waals surface area contributed by atoms with Crippen LogP contribution in [0.15, 0.2) is 24.3 Å². The zero-order chi connectivity index (χ0) is 17.1. The maximum absolute atomic E-state index is 11.9. The molecule has 2 aliphatic rings. The summed E-state index contributed by atoms with van der Waals surface area (Å²) in [7, 11) is 0. The van der Waals surface area contributed by atoms with E-state index in [4.69, 9.17) is 16.7 Å². The van der Waals surface area contributed by atoms with Gasteiger partial charge in [0.2, 0.25) is 5.91 Å². The molecule has 1 aromatic carbocycles. The van der Waals surface area contributed by atoms with Gasteiger partial charge in [-0.1, -0.05) is 23.7 Å². The lowest BCUT2D eigenvalue weighted by atomic mass is 9.96.